The van der Waals surface area contributed by atoms with Gasteiger partial charge < -0.3 is 9.84 Å². The number of halogens is 2. The van der Waals surface area contributed by atoms with Crippen molar-refractivity contribution in [3.8, 4) is 11.5 Å². The van der Waals surface area contributed by atoms with Crippen LogP contribution in [0.15, 0.2) is 22.7 Å². The molecule has 0 atom stereocenters. The third-order valence-corrected chi connectivity index (χ3v) is 3.40. The standard InChI is InChI=1S/C12H11Cl2N3O/c13-8-2-1-3-9(14)11(8)12-16-10(17-18-12)6-15-7-4-5-7/h1-3,7,15H,4-6H2. The predicted molar refractivity (Wildman–Crippen MR) is 69.6 cm³/mol. The Morgan fingerprint density at radius 1 is 1.28 bits per heavy atom. The molecule has 1 aromatic carbocycles. The number of benzene rings is 1. The number of hydrogen-bond donors (Lipinski definition) is 1. The molecule has 1 N–H and O–H groups in total. The van der Waals surface area contributed by atoms with Crippen LogP contribution in [0.4, 0.5) is 0 Å². The third kappa shape index (κ3) is 2.51. The Hall–Kier alpha value is -1.10. The van der Waals surface area contributed by atoms with E-state index >= 15 is 0 Å². The van der Waals surface area contributed by atoms with Gasteiger partial charge in [0.1, 0.15) is 0 Å². The van der Waals surface area contributed by atoms with Gasteiger partial charge in [0.25, 0.3) is 5.89 Å². The molecule has 1 fully saturated rings. The molecule has 1 aromatic heterocycles. The average Bonchev–Trinajstić information content (AvgIpc) is 3.06. The van der Waals surface area contributed by atoms with Crippen molar-refractivity contribution < 1.29 is 4.52 Å². The number of nitrogens with one attached hydrogen (secondary N) is 1. The molecule has 3 rings (SSSR count). The van der Waals surface area contributed by atoms with Crippen LogP contribution < -0.4 is 5.32 Å². The Balaban J connectivity index is 1.83. The van der Waals surface area contributed by atoms with Crippen molar-refractivity contribution in [1.82, 2.24) is 15.5 Å². The Bertz CT molecular complexity index is 546. The lowest BCUT2D eigenvalue weighted by Gasteiger charge is -2.00. The number of nitrogens with zero attached hydrogens (tertiary/aromatic N) is 2. The zero-order valence-corrected chi connectivity index (χ0v) is 11.0. The van der Waals surface area contributed by atoms with Gasteiger partial charge in [-0.25, -0.2) is 0 Å². The van der Waals surface area contributed by atoms with Crippen LogP contribution in [0.5, 0.6) is 0 Å². The average molecular weight is 284 g/mol. The quantitative estimate of drug-likeness (QED) is 0.936. The lowest BCUT2D eigenvalue weighted by Crippen LogP contribution is -2.16. The smallest absolute Gasteiger partial charge is 0.261 e. The van der Waals surface area contributed by atoms with Gasteiger partial charge in [0, 0.05) is 6.04 Å². The Labute approximate surface area is 114 Å². The van der Waals surface area contributed by atoms with Crippen LogP contribution in [0.1, 0.15) is 18.7 Å². The Morgan fingerprint density at radius 3 is 2.67 bits per heavy atom. The van der Waals surface area contributed by atoms with Crippen LogP contribution in [0.2, 0.25) is 10.0 Å². The monoisotopic (exact) mass is 283 g/mol. The van der Waals surface area contributed by atoms with E-state index in [4.69, 9.17) is 27.7 Å². The van der Waals surface area contributed by atoms with E-state index in [1.165, 1.54) is 12.8 Å². The highest BCUT2D eigenvalue weighted by molar-refractivity contribution is 6.38. The number of aromatic nitrogens is 2. The van der Waals surface area contributed by atoms with Crippen LogP contribution in [0.25, 0.3) is 11.5 Å². The van der Waals surface area contributed by atoms with Gasteiger partial charge in [-0.05, 0) is 25.0 Å². The molecule has 0 saturated heterocycles. The maximum absolute atomic E-state index is 6.08. The maximum Gasteiger partial charge on any atom is 0.261 e. The molecule has 2 aromatic rings. The molecule has 0 amide bonds. The summed E-state index contributed by atoms with van der Waals surface area (Å²) in [6, 6.07) is 5.88. The van der Waals surface area contributed by atoms with Crippen molar-refractivity contribution in [3.05, 3.63) is 34.1 Å². The molecular formula is C12H11Cl2N3O. The predicted octanol–water partition coefficient (Wildman–Crippen LogP) is 3.30. The minimum atomic E-state index is 0.359. The molecule has 0 aliphatic heterocycles. The first-order valence-electron chi connectivity index (χ1n) is 5.74. The molecule has 0 unspecified atom stereocenters. The van der Waals surface area contributed by atoms with E-state index < -0.39 is 0 Å². The van der Waals surface area contributed by atoms with E-state index in [1.54, 1.807) is 18.2 Å². The number of hydrogen-bond acceptors (Lipinski definition) is 4. The summed E-state index contributed by atoms with van der Waals surface area (Å²) in [7, 11) is 0. The molecule has 94 valence electrons. The normalized spacial score (nSPS) is 15.0. The third-order valence-electron chi connectivity index (χ3n) is 2.77. The summed E-state index contributed by atoms with van der Waals surface area (Å²) in [6.45, 7) is 0.607. The van der Waals surface area contributed by atoms with Crippen molar-refractivity contribution >= 4 is 23.2 Å². The SMILES string of the molecule is Clc1cccc(Cl)c1-c1nc(CNC2CC2)no1. The van der Waals surface area contributed by atoms with Crippen molar-refractivity contribution in [2.75, 3.05) is 0 Å². The fourth-order valence-electron chi connectivity index (χ4n) is 1.65. The summed E-state index contributed by atoms with van der Waals surface area (Å²) in [6.07, 6.45) is 2.45. The summed E-state index contributed by atoms with van der Waals surface area (Å²) in [4.78, 5) is 4.29. The van der Waals surface area contributed by atoms with Gasteiger partial charge in [-0.1, -0.05) is 34.4 Å². The molecule has 1 saturated carbocycles. The van der Waals surface area contributed by atoms with E-state index in [9.17, 15) is 0 Å². The summed E-state index contributed by atoms with van der Waals surface area (Å²) in [5, 5.41) is 8.24. The lowest BCUT2D eigenvalue weighted by molar-refractivity contribution is 0.419. The zero-order valence-electron chi connectivity index (χ0n) is 9.49. The van der Waals surface area contributed by atoms with E-state index in [1.807, 2.05) is 0 Å². The van der Waals surface area contributed by atoms with Gasteiger partial charge in [-0.2, -0.15) is 4.98 Å². The summed E-state index contributed by atoms with van der Waals surface area (Å²) < 4.78 is 5.20. The molecule has 6 heteroatoms. The highest BCUT2D eigenvalue weighted by Crippen LogP contribution is 2.33. The van der Waals surface area contributed by atoms with Crippen LogP contribution in [0.3, 0.4) is 0 Å². The molecule has 1 heterocycles. The minimum absolute atomic E-state index is 0.359. The van der Waals surface area contributed by atoms with Gasteiger partial charge in [0.2, 0.25) is 0 Å². The molecule has 4 nitrogen and oxygen atoms in total. The van der Waals surface area contributed by atoms with E-state index in [0.29, 0.717) is 39.9 Å². The van der Waals surface area contributed by atoms with Crippen LogP contribution in [-0.2, 0) is 6.54 Å². The Kier molecular flexibility index (Phi) is 3.24. The van der Waals surface area contributed by atoms with Crippen molar-refractivity contribution in [1.29, 1.82) is 0 Å². The van der Waals surface area contributed by atoms with Crippen molar-refractivity contribution in [3.63, 3.8) is 0 Å². The summed E-state index contributed by atoms with van der Waals surface area (Å²) >= 11 is 12.2. The van der Waals surface area contributed by atoms with E-state index in [2.05, 4.69) is 15.5 Å². The van der Waals surface area contributed by atoms with Crippen LogP contribution in [0, 0.1) is 0 Å². The van der Waals surface area contributed by atoms with Gasteiger partial charge in [0.05, 0.1) is 22.2 Å². The Morgan fingerprint density at radius 2 is 2.00 bits per heavy atom. The van der Waals surface area contributed by atoms with Crippen molar-refractivity contribution in [2.45, 2.75) is 25.4 Å². The molecule has 0 bridgehead atoms. The lowest BCUT2D eigenvalue weighted by atomic mass is 10.2. The first-order valence-corrected chi connectivity index (χ1v) is 6.50. The van der Waals surface area contributed by atoms with Gasteiger partial charge in [-0.3, -0.25) is 0 Å². The molecule has 0 radical (unpaired) electrons. The van der Waals surface area contributed by atoms with Crippen LogP contribution >= 0.6 is 23.2 Å². The molecule has 0 spiro atoms. The fourth-order valence-corrected chi connectivity index (χ4v) is 2.21. The van der Waals surface area contributed by atoms with Gasteiger partial charge in [-0.15, -0.1) is 0 Å². The largest absolute Gasteiger partial charge is 0.334 e. The van der Waals surface area contributed by atoms with Gasteiger partial charge in [0.15, 0.2) is 5.82 Å². The van der Waals surface area contributed by atoms with Crippen molar-refractivity contribution in [2.24, 2.45) is 0 Å². The molecular weight excluding hydrogens is 273 g/mol. The second-order valence-corrected chi connectivity index (χ2v) is 5.08. The van der Waals surface area contributed by atoms with E-state index in [-0.39, 0.29) is 0 Å². The summed E-state index contributed by atoms with van der Waals surface area (Å²) in [5.41, 5.74) is 0.589. The summed E-state index contributed by atoms with van der Waals surface area (Å²) in [5.74, 6) is 0.978. The second kappa shape index (κ2) is 4.88. The molecule has 18 heavy (non-hydrogen) atoms. The number of rotatable bonds is 4. The maximum atomic E-state index is 6.08. The first-order chi connectivity index (χ1) is 8.74. The highest BCUT2D eigenvalue weighted by atomic mass is 35.5. The topological polar surface area (TPSA) is 51.0 Å². The first kappa shape index (κ1) is 12.0. The fraction of sp³-hybridized carbons (Fsp3) is 0.333. The zero-order chi connectivity index (χ0) is 12.5. The molecule has 1 aliphatic rings. The molecule has 1 aliphatic carbocycles. The van der Waals surface area contributed by atoms with Gasteiger partial charge >= 0.3 is 0 Å². The highest BCUT2D eigenvalue weighted by Gasteiger charge is 2.21. The van der Waals surface area contributed by atoms with E-state index in [0.717, 1.165) is 0 Å². The second-order valence-electron chi connectivity index (χ2n) is 4.27. The van der Waals surface area contributed by atoms with Crippen LogP contribution in [-0.4, -0.2) is 16.2 Å². The minimum Gasteiger partial charge on any atom is -0.334 e.